The van der Waals surface area contributed by atoms with Crippen LogP contribution in [0.1, 0.15) is 24.0 Å². The lowest BCUT2D eigenvalue weighted by Crippen LogP contribution is -2.52. The fraction of sp³-hybridized carbons (Fsp3) is 0.500. The monoisotopic (exact) mass is 377 g/mol. The number of halogens is 4. The first kappa shape index (κ1) is 19.4. The van der Waals surface area contributed by atoms with Crippen molar-refractivity contribution in [3.8, 4) is 0 Å². The van der Waals surface area contributed by atoms with Crippen molar-refractivity contribution in [1.29, 1.82) is 0 Å². The zero-order valence-electron chi connectivity index (χ0n) is 13.2. The number of benzene rings is 1. The van der Waals surface area contributed by atoms with Crippen LogP contribution in [0.15, 0.2) is 24.3 Å². The van der Waals surface area contributed by atoms with Gasteiger partial charge in [0.05, 0.1) is 5.56 Å². The van der Waals surface area contributed by atoms with Crippen molar-refractivity contribution < 1.29 is 27.9 Å². The molecule has 0 radical (unpaired) electrons. The summed E-state index contributed by atoms with van der Waals surface area (Å²) in [5, 5.41) is 12.9. The maximum atomic E-state index is 13.0. The van der Waals surface area contributed by atoms with Gasteiger partial charge in [0.25, 0.3) is 0 Å². The second kappa shape index (κ2) is 7.51. The number of amides is 2. The number of rotatable bonds is 4. The molecule has 2 rings (SSSR count). The summed E-state index contributed by atoms with van der Waals surface area (Å²) in [6.07, 6.45) is -5.35. The number of likely N-dealkylation sites (tertiary alicyclic amines) is 1. The summed E-state index contributed by atoms with van der Waals surface area (Å²) in [7, 11) is 0. The van der Waals surface area contributed by atoms with Gasteiger partial charge in [0.15, 0.2) is 0 Å². The summed E-state index contributed by atoms with van der Waals surface area (Å²) >= 11 is 5.53. The fourth-order valence-electron chi connectivity index (χ4n) is 3.10. The Hall–Kier alpha value is -1.96. The highest BCUT2D eigenvalue weighted by Crippen LogP contribution is 2.38. The Balaban J connectivity index is 2.31. The quantitative estimate of drug-likeness (QED) is 0.812. The van der Waals surface area contributed by atoms with Crippen LogP contribution in [0, 0.1) is 0 Å². The van der Waals surface area contributed by atoms with Crippen molar-refractivity contribution in [3.05, 3.63) is 35.4 Å². The van der Waals surface area contributed by atoms with E-state index in [4.69, 9.17) is 11.6 Å². The zero-order chi connectivity index (χ0) is 18.7. The van der Waals surface area contributed by atoms with Gasteiger partial charge in [-0.25, -0.2) is 0 Å². The number of hydrogen-bond acceptors (Lipinski definition) is 3. The lowest BCUT2D eigenvalue weighted by Gasteiger charge is -2.42. The van der Waals surface area contributed by atoms with Crippen LogP contribution in [-0.2, 0) is 16.4 Å². The molecule has 25 heavy (non-hydrogen) atoms. The van der Waals surface area contributed by atoms with Crippen LogP contribution in [0.3, 0.4) is 0 Å². The largest absolute Gasteiger partial charge is 0.530 e. The van der Waals surface area contributed by atoms with E-state index in [-0.39, 0.29) is 31.4 Å². The lowest BCUT2D eigenvalue weighted by atomic mass is 9.72. The molecule has 9 heteroatoms. The van der Waals surface area contributed by atoms with Crippen molar-refractivity contribution >= 4 is 23.6 Å². The fourth-order valence-corrected chi connectivity index (χ4v) is 3.27. The first-order chi connectivity index (χ1) is 11.7. The molecule has 0 unspecified atom stereocenters. The molecule has 0 aromatic heterocycles. The van der Waals surface area contributed by atoms with Gasteiger partial charge in [0, 0.05) is 25.0 Å². The molecule has 1 aliphatic heterocycles. The Labute approximate surface area is 147 Å². The third kappa shape index (κ3) is 4.56. The Morgan fingerprint density at radius 1 is 1.28 bits per heavy atom. The van der Waals surface area contributed by atoms with Crippen LogP contribution in [0.2, 0.25) is 0 Å². The molecular formula is C16H17ClF3N2O3-. The third-order valence-corrected chi connectivity index (χ3v) is 4.79. The maximum absolute atomic E-state index is 13.0. The van der Waals surface area contributed by atoms with Gasteiger partial charge in [-0.1, -0.05) is 18.2 Å². The van der Waals surface area contributed by atoms with E-state index in [0.717, 1.165) is 12.1 Å². The first-order valence-corrected chi connectivity index (χ1v) is 8.18. The summed E-state index contributed by atoms with van der Waals surface area (Å²) in [6.45, 7) is 0.493. The number of carbonyl (C=O) groups is 2. The Morgan fingerprint density at radius 2 is 1.92 bits per heavy atom. The van der Waals surface area contributed by atoms with Gasteiger partial charge in [-0.15, -0.1) is 11.6 Å². The molecule has 0 atom stereocenters. The highest BCUT2D eigenvalue weighted by molar-refractivity contribution is 6.27. The molecule has 1 aromatic carbocycles. The van der Waals surface area contributed by atoms with Crippen LogP contribution in [0.4, 0.5) is 18.0 Å². The molecule has 1 aromatic rings. The summed E-state index contributed by atoms with van der Waals surface area (Å²) in [4.78, 5) is 24.0. The molecule has 0 spiro atoms. The highest BCUT2D eigenvalue weighted by Gasteiger charge is 2.39. The van der Waals surface area contributed by atoms with Gasteiger partial charge in [-0.05, 0) is 24.5 Å². The van der Waals surface area contributed by atoms with Crippen molar-refractivity contribution in [2.45, 2.75) is 24.4 Å². The number of piperidine rings is 1. The number of carbonyl (C=O) groups excluding carboxylic acids is 2. The molecule has 1 saturated heterocycles. The highest BCUT2D eigenvalue weighted by atomic mass is 35.5. The van der Waals surface area contributed by atoms with E-state index in [0.29, 0.717) is 18.4 Å². The summed E-state index contributed by atoms with van der Waals surface area (Å²) in [5.74, 6) is -0.430. The van der Waals surface area contributed by atoms with E-state index in [1.807, 2.05) is 0 Å². The van der Waals surface area contributed by atoms with Crippen molar-refractivity contribution in [3.63, 3.8) is 0 Å². The van der Waals surface area contributed by atoms with Gasteiger partial charge in [0.2, 0.25) is 5.91 Å². The summed E-state index contributed by atoms with van der Waals surface area (Å²) in [6, 6.07) is 4.85. The molecule has 1 fully saturated rings. The average molecular weight is 378 g/mol. The average Bonchev–Trinajstić information content (AvgIpc) is 2.59. The second-order valence-corrected chi connectivity index (χ2v) is 6.28. The molecule has 1 N–H and O–H groups in total. The molecule has 0 bridgehead atoms. The maximum Gasteiger partial charge on any atom is 0.416 e. The van der Waals surface area contributed by atoms with Gasteiger partial charge < -0.3 is 20.1 Å². The zero-order valence-corrected chi connectivity index (χ0v) is 14.0. The molecule has 1 aliphatic rings. The third-order valence-electron chi connectivity index (χ3n) is 4.56. The minimum Gasteiger partial charge on any atom is -0.530 e. The molecule has 1 heterocycles. The number of hydrogen-bond donors (Lipinski definition) is 1. The molecule has 0 aliphatic carbocycles. The number of alkyl halides is 4. The van der Waals surface area contributed by atoms with Crippen LogP contribution in [-0.4, -0.2) is 42.4 Å². The van der Waals surface area contributed by atoms with E-state index in [9.17, 15) is 27.9 Å². The molecule has 138 valence electrons. The van der Waals surface area contributed by atoms with Crippen LogP contribution >= 0.6 is 11.6 Å². The molecule has 0 saturated carbocycles. The smallest absolute Gasteiger partial charge is 0.416 e. The number of nitrogens with zero attached hydrogens (tertiary/aromatic N) is 1. The standard InChI is InChI=1S/C16H18ClF3N2O3/c17-9-13(23)22-6-4-15(5-7-22,10-21-14(24)25)11-2-1-3-12(8-11)16(18,19)20/h1-3,8,21H,4-7,9-10H2,(H,24,25)/p-1. The predicted octanol–water partition coefficient (Wildman–Crippen LogP) is 1.74. The van der Waals surface area contributed by atoms with Gasteiger partial charge in [-0.2, -0.15) is 13.2 Å². The molecule has 5 nitrogen and oxygen atoms in total. The SMILES string of the molecule is O=C([O-])NCC1(c2cccc(C(F)(F)F)c2)CCN(C(=O)CCl)CC1. The number of nitrogens with one attached hydrogen (secondary N) is 1. The van der Waals surface area contributed by atoms with E-state index in [1.165, 1.54) is 11.0 Å². The van der Waals surface area contributed by atoms with E-state index < -0.39 is 23.2 Å². The normalized spacial score (nSPS) is 17.2. The topological polar surface area (TPSA) is 72.5 Å². The van der Waals surface area contributed by atoms with Crippen LogP contribution in [0.25, 0.3) is 0 Å². The first-order valence-electron chi connectivity index (χ1n) is 7.64. The lowest BCUT2D eigenvalue weighted by molar-refractivity contribution is -0.251. The Kier molecular flexibility index (Phi) is 5.82. The van der Waals surface area contributed by atoms with Crippen molar-refractivity contribution in [1.82, 2.24) is 10.2 Å². The van der Waals surface area contributed by atoms with Gasteiger partial charge in [0.1, 0.15) is 12.0 Å². The van der Waals surface area contributed by atoms with Crippen LogP contribution in [0.5, 0.6) is 0 Å². The summed E-state index contributed by atoms with van der Waals surface area (Å²) < 4.78 is 39.0. The molecule has 2 amide bonds. The van der Waals surface area contributed by atoms with Gasteiger partial charge >= 0.3 is 6.18 Å². The van der Waals surface area contributed by atoms with E-state index in [1.54, 1.807) is 6.07 Å². The van der Waals surface area contributed by atoms with Crippen molar-refractivity contribution in [2.75, 3.05) is 25.5 Å². The van der Waals surface area contributed by atoms with Gasteiger partial charge in [-0.3, -0.25) is 4.79 Å². The molecular weight excluding hydrogens is 361 g/mol. The minimum atomic E-state index is -4.49. The van der Waals surface area contributed by atoms with E-state index in [2.05, 4.69) is 5.32 Å². The Morgan fingerprint density at radius 3 is 2.44 bits per heavy atom. The summed E-state index contributed by atoms with van der Waals surface area (Å²) in [5.41, 5.74) is -1.25. The van der Waals surface area contributed by atoms with Crippen LogP contribution < -0.4 is 10.4 Å². The van der Waals surface area contributed by atoms with E-state index >= 15 is 0 Å². The van der Waals surface area contributed by atoms with Crippen molar-refractivity contribution in [2.24, 2.45) is 0 Å². The predicted molar refractivity (Wildman–Crippen MR) is 83.1 cm³/mol. The number of carboxylic acid groups (broad SMARTS) is 1. The Bertz CT molecular complexity index is 644. The minimum absolute atomic E-state index is 0.0838. The second-order valence-electron chi connectivity index (χ2n) is 6.01.